The minimum Gasteiger partial charge on any atom is -0.505 e. The first-order valence-corrected chi connectivity index (χ1v) is 11.5. The highest BCUT2D eigenvalue weighted by Crippen LogP contribution is 2.52. The second-order valence-electron chi connectivity index (χ2n) is 9.99. The number of carbonyl (C=O) groups is 5. The summed E-state index contributed by atoms with van der Waals surface area (Å²) in [5, 5.41) is 22.2. The van der Waals surface area contributed by atoms with Gasteiger partial charge in [-0.25, -0.2) is 0 Å². The Bertz CT molecular complexity index is 1180. The first-order valence-electron chi connectivity index (χ1n) is 11.5. The second kappa shape index (κ2) is 8.13. The van der Waals surface area contributed by atoms with Crippen LogP contribution in [0.2, 0.25) is 0 Å². The third-order valence-corrected chi connectivity index (χ3v) is 7.95. The number of nitrogen functional groups attached to an aromatic ring is 1. The number of fused-ring (bicyclic) bond motifs is 3. The molecule has 0 aromatic heterocycles. The molecule has 0 spiro atoms. The molecule has 0 aliphatic heterocycles. The van der Waals surface area contributed by atoms with Crippen molar-refractivity contribution in [1.29, 1.82) is 0 Å². The number of likely N-dealkylation sites (N-methyl/N-ethyl adjacent to an activating group) is 1. The van der Waals surface area contributed by atoms with E-state index in [-0.39, 0.29) is 24.1 Å². The molecular weight excluding hydrogens is 456 g/mol. The summed E-state index contributed by atoms with van der Waals surface area (Å²) in [5.41, 5.74) is 9.55. The molecule has 188 valence electrons. The number of phenolic OH excluding ortho intramolecular Hbond substituents is 1. The third kappa shape index (κ3) is 3.21. The summed E-state index contributed by atoms with van der Waals surface area (Å²) in [7, 11) is 4.89. The number of rotatable bonds is 4. The maximum atomic E-state index is 13.8. The van der Waals surface area contributed by atoms with E-state index in [1.165, 1.54) is 4.90 Å². The number of primary amides is 1. The zero-order valence-corrected chi connectivity index (χ0v) is 20.1. The van der Waals surface area contributed by atoms with Crippen LogP contribution in [-0.4, -0.2) is 83.5 Å². The summed E-state index contributed by atoms with van der Waals surface area (Å²) in [6.45, 7) is 2.49. The van der Waals surface area contributed by atoms with Crippen LogP contribution in [0.15, 0.2) is 6.07 Å². The van der Waals surface area contributed by atoms with E-state index in [9.17, 15) is 34.2 Å². The molecule has 6 N–H and O–H groups in total. The van der Waals surface area contributed by atoms with Gasteiger partial charge in [0.1, 0.15) is 5.75 Å². The number of ketones is 4. The van der Waals surface area contributed by atoms with Gasteiger partial charge in [0.15, 0.2) is 34.7 Å². The van der Waals surface area contributed by atoms with Crippen molar-refractivity contribution in [1.82, 2.24) is 4.90 Å². The number of phenols is 1. The standard InChI is InChI=1S/C24H30N4O7/c1-5-28(4)13-8-12(25)18(29)15-10(13)6-9-7-11-17(27(2)3)20(31)16(23(26)34)22(33)24(11,35)21(32)14(9)19(15)30/h8-9,11,14,16-17,29,35H,5-7,25H2,1-4H3,(H2,26,34)/t9?,11?,14?,16?,17-,24-/m0/s1. The number of hydrogen-bond acceptors (Lipinski definition) is 10. The van der Waals surface area contributed by atoms with Crippen LogP contribution in [0, 0.1) is 23.7 Å². The Morgan fingerprint density at radius 1 is 1.17 bits per heavy atom. The SMILES string of the molecule is CCN(C)c1cc(N)c(O)c2c1CC1CC3[C@H](N(C)C)C(=O)C(C(N)=O)C(=O)[C@@]3(O)C(=O)C1C2=O. The van der Waals surface area contributed by atoms with Crippen molar-refractivity contribution in [3.63, 3.8) is 0 Å². The number of amides is 1. The Labute approximate surface area is 202 Å². The average Bonchev–Trinajstić information content (AvgIpc) is 2.77. The van der Waals surface area contributed by atoms with Gasteiger partial charge < -0.3 is 26.6 Å². The molecule has 11 heteroatoms. The highest BCUT2D eigenvalue weighted by atomic mass is 16.3. The number of Topliss-reactive ketones (excluding diaryl/α,β-unsaturated/α-hetero) is 4. The fourth-order valence-corrected chi connectivity index (χ4v) is 6.18. The molecule has 11 nitrogen and oxygen atoms in total. The lowest BCUT2D eigenvalue weighted by atomic mass is 9.52. The molecule has 0 radical (unpaired) electrons. The van der Waals surface area contributed by atoms with Gasteiger partial charge >= 0.3 is 0 Å². The molecule has 4 rings (SSSR count). The Balaban J connectivity index is 1.90. The predicted octanol–water partition coefficient (Wildman–Crippen LogP) is -1.09. The van der Waals surface area contributed by atoms with Crippen LogP contribution in [0.4, 0.5) is 11.4 Å². The minimum atomic E-state index is -2.74. The molecule has 1 aromatic rings. The van der Waals surface area contributed by atoms with Crippen LogP contribution in [0.1, 0.15) is 29.3 Å². The normalized spacial score (nSPS) is 32.2. The highest BCUT2D eigenvalue weighted by molar-refractivity contribution is 6.32. The minimum absolute atomic E-state index is 0.00428. The van der Waals surface area contributed by atoms with E-state index < -0.39 is 70.1 Å². The maximum Gasteiger partial charge on any atom is 0.235 e. The van der Waals surface area contributed by atoms with Crippen molar-refractivity contribution in [2.24, 2.45) is 29.4 Å². The summed E-state index contributed by atoms with van der Waals surface area (Å²) in [6.07, 6.45) is 0.198. The number of hydrogen-bond donors (Lipinski definition) is 4. The maximum absolute atomic E-state index is 13.8. The quantitative estimate of drug-likeness (QED) is 0.231. The molecule has 0 bridgehead atoms. The first-order chi connectivity index (χ1) is 16.3. The molecule has 1 amide bonds. The molecule has 0 saturated heterocycles. The monoisotopic (exact) mass is 486 g/mol. The Kier molecular flexibility index (Phi) is 5.76. The predicted molar refractivity (Wildman–Crippen MR) is 125 cm³/mol. The van der Waals surface area contributed by atoms with Crippen LogP contribution < -0.4 is 16.4 Å². The highest BCUT2D eigenvalue weighted by Gasteiger charge is 2.69. The van der Waals surface area contributed by atoms with E-state index in [0.29, 0.717) is 17.8 Å². The van der Waals surface area contributed by atoms with Crippen LogP contribution in [0.3, 0.4) is 0 Å². The van der Waals surface area contributed by atoms with Gasteiger partial charge in [0.2, 0.25) is 5.91 Å². The van der Waals surface area contributed by atoms with Crippen molar-refractivity contribution >= 4 is 40.4 Å². The lowest BCUT2D eigenvalue weighted by Crippen LogP contribution is -2.74. The lowest BCUT2D eigenvalue weighted by molar-refractivity contribution is -0.181. The van der Waals surface area contributed by atoms with Crippen LogP contribution in [-0.2, 0) is 25.6 Å². The number of carbonyl (C=O) groups excluding carboxylic acids is 5. The van der Waals surface area contributed by atoms with E-state index in [2.05, 4.69) is 0 Å². The van der Waals surface area contributed by atoms with Crippen molar-refractivity contribution in [2.75, 3.05) is 38.3 Å². The number of nitrogens with zero attached hydrogens (tertiary/aromatic N) is 2. The van der Waals surface area contributed by atoms with Crippen molar-refractivity contribution in [3.8, 4) is 5.75 Å². The smallest absolute Gasteiger partial charge is 0.235 e. The topological polar surface area (TPSA) is 184 Å². The van der Waals surface area contributed by atoms with Gasteiger partial charge in [-0.1, -0.05) is 0 Å². The van der Waals surface area contributed by atoms with Crippen molar-refractivity contribution < 1.29 is 34.2 Å². The largest absolute Gasteiger partial charge is 0.505 e. The number of anilines is 2. The summed E-state index contributed by atoms with van der Waals surface area (Å²) in [4.78, 5) is 69.1. The molecule has 0 heterocycles. The van der Waals surface area contributed by atoms with Gasteiger partial charge in [0.25, 0.3) is 0 Å². The zero-order chi connectivity index (χ0) is 26.1. The van der Waals surface area contributed by atoms with Gasteiger partial charge in [0.05, 0.1) is 23.2 Å². The van der Waals surface area contributed by atoms with Gasteiger partial charge in [0, 0.05) is 25.2 Å². The summed E-state index contributed by atoms with van der Waals surface area (Å²) in [5.74, 6) is -10.8. The van der Waals surface area contributed by atoms with Gasteiger partial charge in [-0.05, 0) is 51.4 Å². The molecule has 2 saturated carbocycles. The molecular formula is C24H30N4O7. The van der Waals surface area contributed by atoms with Crippen LogP contribution in [0.25, 0.3) is 0 Å². The summed E-state index contributed by atoms with van der Waals surface area (Å²) >= 11 is 0. The van der Waals surface area contributed by atoms with Gasteiger partial charge in [-0.15, -0.1) is 0 Å². The van der Waals surface area contributed by atoms with Crippen LogP contribution in [0.5, 0.6) is 5.75 Å². The Morgan fingerprint density at radius 2 is 1.80 bits per heavy atom. The van der Waals surface area contributed by atoms with Crippen molar-refractivity contribution in [2.45, 2.75) is 31.4 Å². The zero-order valence-electron chi connectivity index (χ0n) is 20.1. The van der Waals surface area contributed by atoms with E-state index in [1.807, 2.05) is 11.8 Å². The van der Waals surface area contributed by atoms with E-state index in [1.54, 1.807) is 27.2 Å². The van der Waals surface area contributed by atoms with E-state index in [4.69, 9.17) is 11.5 Å². The molecule has 3 aliphatic rings. The third-order valence-electron chi connectivity index (χ3n) is 7.95. The fourth-order valence-electron chi connectivity index (χ4n) is 6.18. The fraction of sp³-hybridized carbons (Fsp3) is 0.542. The average molecular weight is 487 g/mol. The van der Waals surface area contributed by atoms with E-state index in [0.717, 1.165) is 0 Å². The molecule has 6 atom stereocenters. The summed E-state index contributed by atoms with van der Waals surface area (Å²) in [6, 6.07) is 0.439. The number of aromatic hydroxyl groups is 1. The molecule has 2 fully saturated rings. The first kappa shape index (κ1) is 24.8. The number of nitrogens with two attached hydrogens (primary N) is 2. The Morgan fingerprint density at radius 3 is 2.34 bits per heavy atom. The summed E-state index contributed by atoms with van der Waals surface area (Å²) < 4.78 is 0. The van der Waals surface area contributed by atoms with Gasteiger partial charge in [-0.3, -0.25) is 28.9 Å². The number of benzene rings is 1. The molecule has 1 aromatic carbocycles. The number of aliphatic hydroxyl groups is 1. The van der Waals surface area contributed by atoms with Crippen molar-refractivity contribution in [3.05, 3.63) is 17.2 Å². The van der Waals surface area contributed by atoms with E-state index >= 15 is 0 Å². The lowest BCUT2D eigenvalue weighted by Gasteiger charge is -2.52. The van der Waals surface area contributed by atoms with Gasteiger partial charge in [-0.2, -0.15) is 0 Å². The second-order valence-corrected chi connectivity index (χ2v) is 9.99. The molecule has 35 heavy (non-hydrogen) atoms. The molecule has 3 aliphatic carbocycles. The Hall–Kier alpha value is -3.31. The van der Waals surface area contributed by atoms with Crippen LogP contribution >= 0.6 is 0 Å². The molecule has 4 unspecified atom stereocenters.